The van der Waals surface area contributed by atoms with Crippen molar-refractivity contribution in [3.8, 4) is 23.0 Å². The van der Waals surface area contributed by atoms with Crippen molar-refractivity contribution in [3.05, 3.63) is 186 Å². The van der Waals surface area contributed by atoms with Crippen LogP contribution < -0.4 is 24.3 Å². The van der Waals surface area contributed by atoms with Gasteiger partial charge >= 0.3 is 0 Å². The van der Waals surface area contributed by atoms with Gasteiger partial charge in [-0.3, -0.25) is 4.79 Å². The molecule has 0 saturated heterocycles. The Morgan fingerprint density at radius 3 is 2.05 bits per heavy atom. The summed E-state index contributed by atoms with van der Waals surface area (Å²) in [6, 6.07) is 47.9. The molecule has 1 aliphatic rings. The minimum absolute atomic E-state index is 0.0131. The number of nitrogens with one attached hydrogen (secondary N) is 1. The molecule has 0 unspecified atom stereocenters. The molecular weight excluding hydrogens is 805 g/mol. The van der Waals surface area contributed by atoms with Crippen LogP contribution in [-0.4, -0.2) is 63.5 Å². The summed E-state index contributed by atoms with van der Waals surface area (Å²) in [5.74, 6) is 1.60. The van der Waals surface area contributed by atoms with Crippen molar-refractivity contribution in [1.82, 2.24) is 5.32 Å². The van der Waals surface area contributed by atoms with Crippen LogP contribution in [0, 0.1) is 0 Å². The first-order valence-corrected chi connectivity index (χ1v) is 22.2. The molecule has 1 amide bonds. The van der Waals surface area contributed by atoms with Crippen LogP contribution in [-0.2, 0) is 39.0 Å². The van der Waals surface area contributed by atoms with E-state index < -0.39 is 27.4 Å². The molecule has 0 aromatic heterocycles. The summed E-state index contributed by atoms with van der Waals surface area (Å²) in [7, 11) is -2.30. The van der Waals surface area contributed by atoms with Crippen LogP contribution >= 0.6 is 0 Å². The number of amides is 1. The van der Waals surface area contributed by atoms with Crippen molar-refractivity contribution in [2.45, 2.75) is 49.0 Å². The Morgan fingerprint density at radius 2 is 1.39 bits per heavy atom. The molecule has 7 rings (SSSR count). The van der Waals surface area contributed by atoms with Crippen molar-refractivity contribution in [2.24, 2.45) is 4.99 Å². The van der Waals surface area contributed by atoms with Crippen molar-refractivity contribution >= 4 is 21.6 Å². The normalized spacial score (nSPS) is 15.8. The lowest BCUT2D eigenvalue weighted by atomic mass is 9.85. The third-order valence-corrected chi connectivity index (χ3v) is 12.2. The van der Waals surface area contributed by atoms with Crippen molar-refractivity contribution in [3.63, 3.8) is 0 Å². The maximum Gasteiger partial charge on any atom is 0.252 e. The summed E-state index contributed by atoms with van der Waals surface area (Å²) < 4.78 is 58.1. The second kappa shape index (κ2) is 20.8. The van der Waals surface area contributed by atoms with E-state index in [0.29, 0.717) is 66.8 Å². The number of nitrogens with zero attached hydrogens (tertiary/aromatic N) is 1. The summed E-state index contributed by atoms with van der Waals surface area (Å²) in [6.45, 7) is 1.26. The summed E-state index contributed by atoms with van der Waals surface area (Å²) in [6.07, 6.45) is -0.294. The molecule has 11 nitrogen and oxygen atoms in total. The van der Waals surface area contributed by atoms with E-state index in [0.717, 1.165) is 16.7 Å². The Kier molecular flexibility index (Phi) is 14.6. The highest BCUT2D eigenvalue weighted by molar-refractivity contribution is 7.91. The fourth-order valence-corrected chi connectivity index (χ4v) is 8.48. The molecule has 2 atom stereocenters. The maximum absolute atomic E-state index is 14.9. The van der Waals surface area contributed by atoms with E-state index >= 15 is 0 Å². The maximum atomic E-state index is 14.9. The molecule has 2 N–H and O–H groups in total. The van der Waals surface area contributed by atoms with E-state index in [1.54, 1.807) is 79.9 Å². The lowest BCUT2D eigenvalue weighted by Gasteiger charge is -2.31. The van der Waals surface area contributed by atoms with E-state index in [9.17, 15) is 18.3 Å². The van der Waals surface area contributed by atoms with Gasteiger partial charge in [-0.1, -0.05) is 97.1 Å². The van der Waals surface area contributed by atoms with Gasteiger partial charge in [0.2, 0.25) is 5.90 Å². The number of ether oxygens (including phenoxy) is 5. The van der Waals surface area contributed by atoms with E-state index in [2.05, 4.69) is 5.32 Å². The first kappa shape index (κ1) is 43.5. The predicted molar refractivity (Wildman–Crippen MR) is 238 cm³/mol. The Balaban J connectivity index is 1.18. The van der Waals surface area contributed by atoms with Crippen molar-refractivity contribution < 1.29 is 42.0 Å². The van der Waals surface area contributed by atoms with Crippen LogP contribution in [0.15, 0.2) is 168 Å². The summed E-state index contributed by atoms with van der Waals surface area (Å²) >= 11 is 0. The Hall–Kier alpha value is -6.63. The van der Waals surface area contributed by atoms with E-state index in [-0.39, 0.29) is 36.1 Å². The summed E-state index contributed by atoms with van der Waals surface area (Å²) in [4.78, 5) is 20.1. The van der Waals surface area contributed by atoms with Crippen LogP contribution in [0.5, 0.6) is 23.0 Å². The average molecular weight is 855 g/mol. The molecule has 12 heteroatoms. The number of aliphatic imine (C=N–C) groups is 1. The highest BCUT2D eigenvalue weighted by Gasteiger charge is 2.53. The van der Waals surface area contributed by atoms with Gasteiger partial charge in [-0.2, -0.15) is 0 Å². The van der Waals surface area contributed by atoms with Crippen LogP contribution in [0.25, 0.3) is 0 Å². The fourth-order valence-electron chi connectivity index (χ4n) is 7.09. The molecule has 0 spiro atoms. The molecule has 320 valence electrons. The smallest absolute Gasteiger partial charge is 0.252 e. The zero-order valence-electron chi connectivity index (χ0n) is 34.5. The minimum atomic E-state index is -3.85. The largest absolute Gasteiger partial charge is 0.497 e. The number of rotatable bonds is 21. The number of hydrogen-bond acceptors (Lipinski definition) is 10. The Morgan fingerprint density at radius 1 is 0.726 bits per heavy atom. The lowest BCUT2D eigenvalue weighted by molar-refractivity contribution is -0.129. The van der Waals surface area contributed by atoms with Crippen LogP contribution in [0.3, 0.4) is 0 Å². The number of carbonyl (C=O) groups excluding carboxylic acids is 1. The van der Waals surface area contributed by atoms with E-state index in [4.69, 9.17) is 28.7 Å². The average Bonchev–Trinajstić information content (AvgIpc) is 3.72. The minimum Gasteiger partial charge on any atom is -0.497 e. The molecule has 1 aliphatic heterocycles. The highest BCUT2D eigenvalue weighted by Crippen LogP contribution is 2.44. The van der Waals surface area contributed by atoms with Gasteiger partial charge in [0.05, 0.1) is 24.4 Å². The number of carbonyl (C=O) groups is 1. The monoisotopic (exact) mass is 854 g/mol. The fraction of sp³-hybridized carbons (Fsp3) is 0.240. The number of sulfone groups is 1. The molecule has 0 saturated carbocycles. The number of methoxy groups -OCH3 is 1. The molecule has 6 aromatic carbocycles. The molecule has 62 heavy (non-hydrogen) atoms. The third-order valence-electron chi connectivity index (χ3n) is 10.5. The number of aliphatic hydroxyl groups excluding tert-OH is 1. The third kappa shape index (κ3) is 11.0. The number of benzene rings is 6. The van der Waals surface area contributed by atoms with Gasteiger partial charge in [0.1, 0.15) is 24.7 Å². The molecule has 6 aromatic rings. The van der Waals surface area contributed by atoms with Crippen LogP contribution in [0.1, 0.15) is 46.8 Å². The standard InChI is InChI=1S/C50H50N2O9S/c1-57-43-18-11-17-41(34-43)47-50(28-32-62(55,56)44-19-9-4-10-20-44,52-48(61-47)40-22-24-42(25-23-40)58-31-12-30-53)49(54)51-29-27-37-21-26-45(59-35-38-13-5-2-6-14-38)46(33-37)60-36-39-15-7-3-8-16-39/h2-11,13-26,33-34,47,53H,12,27-32,35-36H2,1H3,(H,51,54)/t47-,50-/m1/s1. The SMILES string of the molecule is COc1cccc([C@H]2OC(c3ccc(OCCCO)cc3)=N[C@@]2(CCS(=O)(=O)c2ccccc2)C(=O)NCCc2ccc(OCc3ccccc3)c(OCc3ccccc3)c2)c1. The Labute approximate surface area is 362 Å². The molecule has 0 radical (unpaired) electrons. The van der Waals surface area contributed by atoms with Gasteiger partial charge in [-0.05, 0) is 89.3 Å². The molecular formula is C50H50N2O9S. The first-order chi connectivity index (χ1) is 30.3. The highest BCUT2D eigenvalue weighted by atomic mass is 32.2. The zero-order valence-corrected chi connectivity index (χ0v) is 35.3. The van der Waals surface area contributed by atoms with Gasteiger partial charge in [0.25, 0.3) is 5.91 Å². The second-order valence-electron chi connectivity index (χ2n) is 14.8. The van der Waals surface area contributed by atoms with Gasteiger partial charge < -0.3 is 34.1 Å². The summed E-state index contributed by atoms with van der Waals surface area (Å²) in [5, 5.41) is 12.3. The van der Waals surface area contributed by atoms with Crippen molar-refractivity contribution in [2.75, 3.05) is 32.6 Å². The number of aliphatic hydroxyl groups is 1. The van der Waals surface area contributed by atoms with Gasteiger partial charge in [-0.25, -0.2) is 13.4 Å². The molecule has 0 aliphatic carbocycles. The quantitative estimate of drug-likeness (QED) is 0.0688. The van der Waals surface area contributed by atoms with Crippen LogP contribution in [0.4, 0.5) is 0 Å². The summed E-state index contributed by atoms with van der Waals surface area (Å²) in [5.41, 5.74) is 2.37. The first-order valence-electron chi connectivity index (χ1n) is 20.5. The molecule has 0 bridgehead atoms. The van der Waals surface area contributed by atoms with Gasteiger partial charge in [0, 0.05) is 31.6 Å². The van der Waals surface area contributed by atoms with Gasteiger partial charge in [-0.15, -0.1) is 0 Å². The topological polar surface area (TPSA) is 142 Å². The molecule has 1 heterocycles. The predicted octanol–water partition coefficient (Wildman–Crippen LogP) is 8.09. The van der Waals surface area contributed by atoms with Crippen molar-refractivity contribution in [1.29, 1.82) is 0 Å². The molecule has 0 fully saturated rings. The lowest BCUT2D eigenvalue weighted by Crippen LogP contribution is -2.49. The Bertz CT molecular complexity index is 2520. The van der Waals surface area contributed by atoms with Gasteiger partial charge in [0.15, 0.2) is 33.0 Å². The number of hydrogen-bond donors (Lipinski definition) is 2. The zero-order chi connectivity index (χ0) is 43.2. The van der Waals surface area contributed by atoms with E-state index in [1.165, 1.54) is 0 Å². The van der Waals surface area contributed by atoms with Crippen LogP contribution in [0.2, 0.25) is 0 Å². The second-order valence-corrected chi connectivity index (χ2v) is 16.9. The van der Waals surface area contributed by atoms with E-state index in [1.807, 2.05) is 84.9 Å².